The number of hydrogen-bond acceptors (Lipinski definition) is 6. The van der Waals surface area contributed by atoms with Crippen molar-refractivity contribution in [3.8, 4) is 39.4 Å². The van der Waals surface area contributed by atoms with Gasteiger partial charge >= 0.3 is 0 Å². The molecule has 3 N–H and O–H groups in total. The fourth-order valence-electron chi connectivity index (χ4n) is 5.09. The number of aromatic nitrogens is 6. The molecule has 1 saturated carbocycles. The van der Waals surface area contributed by atoms with E-state index < -0.39 is 0 Å². The third-order valence-electron chi connectivity index (χ3n) is 7.44. The van der Waals surface area contributed by atoms with E-state index in [0.29, 0.717) is 28.3 Å². The van der Waals surface area contributed by atoms with Crippen LogP contribution in [0.5, 0.6) is 5.75 Å². The maximum Gasteiger partial charge on any atom is 0.227 e. The number of carbonyl (C=O) groups excluding carboxylic acids is 1. The van der Waals surface area contributed by atoms with E-state index in [1.54, 1.807) is 30.9 Å². The molecular weight excluding hydrogens is 509 g/mol. The Kier molecular flexibility index (Phi) is 5.73. The summed E-state index contributed by atoms with van der Waals surface area (Å²) in [7, 11) is 1.51. The highest BCUT2D eigenvalue weighted by Gasteiger charge is 2.25. The summed E-state index contributed by atoms with van der Waals surface area (Å²) in [4.78, 5) is 29.2. The molecule has 0 saturated heterocycles. The van der Waals surface area contributed by atoms with Gasteiger partial charge < -0.3 is 15.0 Å². The first-order valence-corrected chi connectivity index (χ1v) is 13.0. The number of fused-ring (bicyclic) bond motifs is 2. The van der Waals surface area contributed by atoms with E-state index in [1.807, 2.05) is 24.3 Å². The third kappa shape index (κ3) is 4.23. The van der Waals surface area contributed by atoms with Crippen molar-refractivity contribution in [2.24, 2.45) is 5.92 Å². The van der Waals surface area contributed by atoms with Crippen LogP contribution >= 0.6 is 0 Å². The van der Waals surface area contributed by atoms with Gasteiger partial charge in [-0.15, -0.1) is 0 Å². The van der Waals surface area contributed by atoms with Crippen LogP contribution in [0.15, 0.2) is 67.3 Å². The molecule has 1 fully saturated rings. The fraction of sp³-hybridized carbons (Fsp3) is 0.167. The Morgan fingerprint density at radius 1 is 1.00 bits per heavy atom. The lowest BCUT2D eigenvalue weighted by Gasteiger charge is -2.24. The zero-order chi connectivity index (χ0) is 27.2. The van der Waals surface area contributed by atoms with Crippen molar-refractivity contribution in [2.45, 2.75) is 19.3 Å². The first-order valence-electron chi connectivity index (χ1n) is 13.0. The molecule has 1 aromatic carbocycles. The number of H-pyrrole nitrogens is 2. The number of anilines is 1. The minimum absolute atomic E-state index is 0.0411. The smallest absolute Gasteiger partial charge is 0.227 e. The number of benzene rings is 1. The van der Waals surface area contributed by atoms with Gasteiger partial charge in [0.1, 0.15) is 17.2 Å². The number of methoxy groups -OCH3 is 1. The number of nitrogens with one attached hydrogen (secondary N) is 3. The molecule has 5 aromatic heterocycles. The van der Waals surface area contributed by atoms with Crippen LogP contribution in [0.1, 0.15) is 19.3 Å². The third-order valence-corrected chi connectivity index (χ3v) is 7.44. The van der Waals surface area contributed by atoms with Crippen molar-refractivity contribution in [1.29, 1.82) is 0 Å². The van der Waals surface area contributed by atoms with Crippen LogP contribution in [0, 0.1) is 11.7 Å². The van der Waals surface area contributed by atoms with Gasteiger partial charge in [0.25, 0.3) is 0 Å². The lowest BCUT2D eigenvalue weighted by molar-refractivity contribution is -0.122. The first-order chi connectivity index (χ1) is 19.6. The largest absolute Gasteiger partial charge is 0.497 e. The summed E-state index contributed by atoms with van der Waals surface area (Å²) in [6, 6.07) is 12.3. The molecule has 1 amide bonds. The van der Waals surface area contributed by atoms with Crippen molar-refractivity contribution in [3.05, 3.63) is 73.1 Å². The van der Waals surface area contributed by atoms with Crippen LogP contribution in [-0.4, -0.2) is 43.2 Å². The average molecular weight is 534 g/mol. The maximum absolute atomic E-state index is 14.3. The Morgan fingerprint density at radius 3 is 2.70 bits per heavy atom. The first kappa shape index (κ1) is 24.0. The maximum atomic E-state index is 14.3. The number of ether oxygens (including phenoxy) is 1. The highest BCUT2D eigenvalue weighted by Crippen LogP contribution is 2.35. The molecule has 198 valence electrons. The van der Waals surface area contributed by atoms with Gasteiger partial charge in [0.2, 0.25) is 5.91 Å². The molecule has 1 aliphatic rings. The van der Waals surface area contributed by atoms with Gasteiger partial charge in [0.15, 0.2) is 5.65 Å². The lowest BCUT2D eigenvalue weighted by atomic mass is 9.85. The molecular formula is C30H24FN7O2. The molecule has 1 aliphatic carbocycles. The van der Waals surface area contributed by atoms with Crippen molar-refractivity contribution in [1.82, 2.24) is 30.1 Å². The molecule has 10 heteroatoms. The monoisotopic (exact) mass is 533 g/mol. The van der Waals surface area contributed by atoms with Crippen molar-refractivity contribution >= 4 is 33.7 Å². The normalized spacial score (nSPS) is 13.4. The second kappa shape index (κ2) is 9.57. The van der Waals surface area contributed by atoms with Gasteiger partial charge in [0.05, 0.1) is 30.4 Å². The minimum atomic E-state index is -0.380. The van der Waals surface area contributed by atoms with E-state index >= 15 is 0 Å². The van der Waals surface area contributed by atoms with Crippen molar-refractivity contribution in [3.63, 3.8) is 0 Å². The molecule has 5 heterocycles. The van der Waals surface area contributed by atoms with Gasteiger partial charge in [-0.3, -0.25) is 14.9 Å². The summed E-state index contributed by atoms with van der Waals surface area (Å²) >= 11 is 0. The molecule has 0 bridgehead atoms. The average Bonchev–Trinajstić information content (AvgIpc) is 3.55. The number of nitrogens with zero attached hydrogens (tertiary/aromatic N) is 4. The Labute approximate surface area is 227 Å². The highest BCUT2D eigenvalue weighted by molar-refractivity contribution is 6.00. The summed E-state index contributed by atoms with van der Waals surface area (Å²) in [6.07, 6.45) is 9.79. The predicted molar refractivity (Wildman–Crippen MR) is 150 cm³/mol. The zero-order valence-electron chi connectivity index (χ0n) is 21.5. The van der Waals surface area contributed by atoms with Crippen LogP contribution < -0.4 is 10.1 Å². The number of pyridine rings is 3. The van der Waals surface area contributed by atoms with Crippen LogP contribution in [0.25, 0.3) is 55.7 Å². The second-order valence-corrected chi connectivity index (χ2v) is 9.96. The summed E-state index contributed by atoms with van der Waals surface area (Å²) in [6.45, 7) is 0. The van der Waals surface area contributed by atoms with Gasteiger partial charge in [-0.2, -0.15) is 5.10 Å². The van der Waals surface area contributed by atoms with Gasteiger partial charge in [0, 0.05) is 52.5 Å². The van der Waals surface area contributed by atoms with E-state index in [0.717, 1.165) is 58.1 Å². The molecule has 9 nitrogen and oxygen atoms in total. The Morgan fingerprint density at radius 2 is 1.88 bits per heavy atom. The second-order valence-electron chi connectivity index (χ2n) is 9.96. The summed E-state index contributed by atoms with van der Waals surface area (Å²) in [5.74, 6) is 0.188. The Hall–Kier alpha value is -5.12. The number of amides is 1. The Bertz CT molecular complexity index is 1910. The zero-order valence-corrected chi connectivity index (χ0v) is 21.5. The highest BCUT2D eigenvalue weighted by atomic mass is 19.1. The molecule has 6 aromatic rings. The van der Waals surface area contributed by atoms with E-state index in [1.165, 1.54) is 19.2 Å². The Balaban J connectivity index is 1.26. The van der Waals surface area contributed by atoms with Crippen molar-refractivity contribution in [2.75, 3.05) is 12.4 Å². The molecule has 40 heavy (non-hydrogen) atoms. The molecule has 0 atom stereocenters. The van der Waals surface area contributed by atoms with Crippen molar-refractivity contribution < 1.29 is 13.9 Å². The van der Waals surface area contributed by atoms with E-state index in [2.05, 4.69) is 35.5 Å². The summed E-state index contributed by atoms with van der Waals surface area (Å²) in [5.41, 5.74) is 6.55. The number of carbonyl (C=O) groups is 1. The number of hydrogen-bond donors (Lipinski definition) is 3. The molecule has 0 spiro atoms. The fourth-order valence-corrected chi connectivity index (χ4v) is 5.09. The summed E-state index contributed by atoms with van der Waals surface area (Å²) in [5, 5.41) is 12.1. The predicted octanol–water partition coefficient (Wildman–Crippen LogP) is 6.12. The summed E-state index contributed by atoms with van der Waals surface area (Å²) < 4.78 is 19.5. The number of halogens is 1. The lowest BCUT2D eigenvalue weighted by Crippen LogP contribution is -2.28. The molecule has 7 rings (SSSR count). The quantitative estimate of drug-likeness (QED) is 0.237. The minimum Gasteiger partial charge on any atom is -0.497 e. The van der Waals surface area contributed by atoms with E-state index in [4.69, 9.17) is 4.74 Å². The standard InChI is InChI=1S/C30H24FN7O2/c1-40-22-9-17(7-20(31)11-22)23-5-6-33-28-24(23)12-26(36-28)27-25-10-19(14-34-29(25)38-37-27)18-8-21(15-32-13-18)35-30(39)16-3-2-4-16/h5-16H,2-4H2,1H3,(H,33,36)(H,35,39)(H,34,37,38). The number of rotatable bonds is 6. The SMILES string of the molecule is COc1cc(F)cc(-c2ccnc3[nH]c(-c4[nH]nc5ncc(-c6cncc(NC(=O)C7CCC7)c6)cc45)cc23)c1. The molecule has 0 unspecified atom stereocenters. The topological polar surface area (TPSA) is 121 Å². The van der Waals surface area contributed by atoms with Gasteiger partial charge in [-0.05, 0) is 60.4 Å². The van der Waals surface area contributed by atoms with E-state index in [9.17, 15) is 9.18 Å². The van der Waals surface area contributed by atoms with Crippen LogP contribution in [0.3, 0.4) is 0 Å². The van der Waals surface area contributed by atoms with Gasteiger partial charge in [-0.25, -0.2) is 14.4 Å². The molecule has 0 radical (unpaired) electrons. The van der Waals surface area contributed by atoms with Crippen LogP contribution in [0.2, 0.25) is 0 Å². The van der Waals surface area contributed by atoms with Crippen LogP contribution in [0.4, 0.5) is 10.1 Å². The van der Waals surface area contributed by atoms with E-state index in [-0.39, 0.29) is 17.6 Å². The van der Waals surface area contributed by atoms with Gasteiger partial charge in [-0.1, -0.05) is 6.42 Å². The van der Waals surface area contributed by atoms with Crippen LogP contribution in [-0.2, 0) is 4.79 Å². The molecule has 0 aliphatic heterocycles. The number of aromatic amines is 2.